The summed E-state index contributed by atoms with van der Waals surface area (Å²) >= 11 is 5.67. The average molecular weight is 277 g/mol. The number of halogens is 1. The Labute approximate surface area is 120 Å². The van der Waals surface area contributed by atoms with Gasteiger partial charge in [0.15, 0.2) is 0 Å². The second kappa shape index (κ2) is 4.49. The number of hydrogen-bond acceptors (Lipinski definition) is 1. The molecule has 0 amide bonds. The third-order valence-electron chi connectivity index (χ3n) is 6.25. The van der Waals surface area contributed by atoms with E-state index in [2.05, 4.69) is 30.3 Å². The maximum Gasteiger partial charge on any atom is 0.0744 e. The molecule has 0 heterocycles. The van der Waals surface area contributed by atoms with Gasteiger partial charge >= 0.3 is 0 Å². The lowest BCUT2D eigenvalue weighted by Crippen LogP contribution is -2.38. The van der Waals surface area contributed by atoms with Crippen molar-refractivity contribution in [2.75, 3.05) is 6.61 Å². The zero-order valence-corrected chi connectivity index (χ0v) is 12.0. The van der Waals surface area contributed by atoms with Gasteiger partial charge in [-0.15, -0.1) is 0 Å². The fraction of sp³-hybridized carbons (Fsp3) is 0.647. The lowest BCUT2D eigenvalue weighted by molar-refractivity contribution is 0.0461. The van der Waals surface area contributed by atoms with Crippen LogP contribution in [0.2, 0.25) is 0 Å². The summed E-state index contributed by atoms with van der Waals surface area (Å²) in [6.45, 7) is 0.768. The summed E-state index contributed by atoms with van der Waals surface area (Å²) < 4.78 is 5.14. The topological polar surface area (TPSA) is 9.23 Å². The van der Waals surface area contributed by atoms with Crippen molar-refractivity contribution in [1.29, 1.82) is 0 Å². The lowest BCUT2D eigenvalue weighted by atomic mass is 9.65. The summed E-state index contributed by atoms with van der Waals surface area (Å²) in [5.41, 5.74) is 1.88. The van der Waals surface area contributed by atoms with Crippen LogP contribution in [-0.2, 0) is 10.7 Å². The Morgan fingerprint density at radius 2 is 2.00 bits per heavy atom. The summed E-state index contributed by atoms with van der Waals surface area (Å²) in [4.78, 5) is 0. The molecule has 1 aromatic rings. The monoisotopic (exact) mass is 276 g/mol. The van der Waals surface area contributed by atoms with E-state index >= 15 is 0 Å². The largest absolute Gasteiger partial charge is 0.279 e. The van der Waals surface area contributed by atoms with Crippen molar-refractivity contribution in [2.45, 2.75) is 32.1 Å². The molecule has 19 heavy (non-hydrogen) atoms. The average Bonchev–Trinajstić information content (AvgIpc) is 2.78. The predicted molar refractivity (Wildman–Crippen MR) is 76.8 cm³/mol. The van der Waals surface area contributed by atoms with Crippen molar-refractivity contribution in [3.05, 3.63) is 35.9 Å². The van der Waals surface area contributed by atoms with Crippen LogP contribution in [0.4, 0.5) is 0 Å². The van der Waals surface area contributed by atoms with Crippen LogP contribution in [0.25, 0.3) is 0 Å². The van der Waals surface area contributed by atoms with E-state index in [-0.39, 0.29) is 0 Å². The molecular formula is C17H21ClO. The van der Waals surface area contributed by atoms with Crippen LogP contribution >= 0.6 is 11.9 Å². The van der Waals surface area contributed by atoms with Gasteiger partial charge in [0, 0.05) is 5.41 Å². The lowest BCUT2D eigenvalue weighted by Gasteiger charge is -2.40. The van der Waals surface area contributed by atoms with Crippen molar-refractivity contribution in [3.63, 3.8) is 0 Å². The van der Waals surface area contributed by atoms with Crippen LogP contribution in [0.15, 0.2) is 30.3 Å². The maximum absolute atomic E-state index is 5.67. The molecule has 4 saturated carbocycles. The van der Waals surface area contributed by atoms with E-state index in [9.17, 15) is 0 Å². The Balaban J connectivity index is 1.63. The molecule has 0 aromatic heterocycles. The van der Waals surface area contributed by atoms with E-state index in [4.69, 9.17) is 16.2 Å². The molecule has 0 N–H and O–H groups in total. The molecule has 4 aliphatic carbocycles. The van der Waals surface area contributed by atoms with E-state index in [1.807, 2.05) is 0 Å². The van der Waals surface area contributed by atoms with Gasteiger partial charge in [0.1, 0.15) is 0 Å². The molecule has 5 unspecified atom stereocenters. The summed E-state index contributed by atoms with van der Waals surface area (Å²) in [5, 5.41) is 0. The maximum atomic E-state index is 5.67. The summed E-state index contributed by atoms with van der Waals surface area (Å²) in [6, 6.07) is 11.0. The molecule has 5 rings (SSSR count). The SMILES string of the molecule is ClOCC12CC3CC(CC1C3)C2Cc1ccccc1. The third kappa shape index (κ3) is 1.78. The van der Waals surface area contributed by atoms with Crippen LogP contribution in [0.3, 0.4) is 0 Å². The molecule has 5 atom stereocenters. The van der Waals surface area contributed by atoms with Gasteiger partial charge in [0.2, 0.25) is 0 Å². The molecule has 1 nitrogen and oxygen atoms in total. The van der Waals surface area contributed by atoms with Crippen molar-refractivity contribution >= 4 is 11.9 Å². The zero-order valence-electron chi connectivity index (χ0n) is 11.2. The minimum atomic E-state index is 0.394. The quantitative estimate of drug-likeness (QED) is 0.789. The molecule has 0 radical (unpaired) electrons. The third-order valence-corrected chi connectivity index (χ3v) is 6.36. The highest BCUT2D eigenvalue weighted by Gasteiger charge is 2.63. The molecule has 0 saturated heterocycles. The van der Waals surface area contributed by atoms with Gasteiger partial charge in [0.05, 0.1) is 18.5 Å². The van der Waals surface area contributed by atoms with Gasteiger partial charge < -0.3 is 0 Å². The van der Waals surface area contributed by atoms with Crippen LogP contribution in [-0.4, -0.2) is 6.61 Å². The molecule has 102 valence electrons. The molecular weight excluding hydrogens is 256 g/mol. The van der Waals surface area contributed by atoms with E-state index in [1.54, 1.807) is 0 Å². The summed E-state index contributed by atoms with van der Waals surface area (Å²) in [7, 11) is 0. The van der Waals surface area contributed by atoms with Gasteiger partial charge in [-0.1, -0.05) is 30.3 Å². The first-order chi connectivity index (χ1) is 9.32. The van der Waals surface area contributed by atoms with Gasteiger partial charge in [-0.05, 0) is 61.3 Å². The Hall–Kier alpha value is -0.530. The number of benzene rings is 1. The Bertz CT molecular complexity index is 460. The normalized spacial score (nSPS) is 43.0. The molecule has 2 heteroatoms. The van der Waals surface area contributed by atoms with Gasteiger partial charge in [-0.3, -0.25) is 4.29 Å². The van der Waals surface area contributed by atoms with Crippen molar-refractivity contribution in [2.24, 2.45) is 29.1 Å². The molecule has 4 aliphatic rings. The highest BCUT2D eigenvalue weighted by molar-refractivity contribution is 6.07. The van der Waals surface area contributed by atoms with Crippen molar-refractivity contribution < 1.29 is 4.29 Å². The minimum absolute atomic E-state index is 0.394. The van der Waals surface area contributed by atoms with E-state index in [0.29, 0.717) is 5.41 Å². The van der Waals surface area contributed by atoms with Crippen molar-refractivity contribution in [1.82, 2.24) is 0 Å². The van der Waals surface area contributed by atoms with Gasteiger partial charge in [-0.2, -0.15) is 0 Å². The standard InChI is InChI=1S/C17H21ClO/c18-19-11-17-10-13-6-14(9-15(17)7-13)16(17)8-12-4-2-1-3-5-12/h1-5,13-16H,6-11H2. The Morgan fingerprint density at radius 1 is 1.16 bits per heavy atom. The van der Waals surface area contributed by atoms with E-state index < -0.39 is 0 Å². The second-order valence-electron chi connectivity index (χ2n) is 7.02. The van der Waals surface area contributed by atoms with Gasteiger partial charge in [0.25, 0.3) is 0 Å². The molecule has 4 bridgehead atoms. The zero-order chi connectivity index (χ0) is 12.9. The van der Waals surface area contributed by atoms with Crippen molar-refractivity contribution in [3.8, 4) is 0 Å². The van der Waals surface area contributed by atoms with E-state index in [0.717, 1.165) is 30.3 Å². The molecule has 1 aromatic carbocycles. The Kier molecular flexibility index (Phi) is 2.89. The highest BCUT2D eigenvalue weighted by atomic mass is 35.5. The predicted octanol–water partition coefficient (Wildman–Crippen LogP) is 4.45. The summed E-state index contributed by atoms with van der Waals surface area (Å²) in [6.07, 6.45) is 6.89. The minimum Gasteiger partial charge on any atom is -0.279 e. The molecule has 0 aliphatic heterocycles. The van der Waals surface area contributed by atoms with Crippen LogP contribution < -0.4 is 0 Å². The van der Waals surface area contributed by atoms with Gasteiger partial charge in [-0.25, -0.2) is 0 Å². The first-order valence-electron chi connectivity index (χ1n) is 7.59. The number of rotatable bonds is 4. The number of hydrogen-bond donors (Lipinski definition) is 0. The van der Waals surface area contributed by atoms with Crippen LogP contribution in [0.5, 0.6) is 0 Å². The highest BCUT2D eigenvalue weighted by Crippen LogP contribution is 2.68. The molecule has 0 spiro atoms. The fourth-order valence-electron chi connectivity index (χ4n) is 5.70. The van der Waals surface area contributed by atoms with E-state index in [1.165, 1.54) is 37.7 Å². The van der Waals surface area contributed by atoms with Crippen LogP contribution in [0.1, 0.15) is 31.2 Å². The molecule has 4 fully saturated rings. The summed E-state index contributed by atoms with van der Waals surface area (Å²) in [5.74, 6) is 3.55. The Morgan fingerprint density at radius 3 is 2.79 bits per heavy atom. The smallest absolute Gasteiger partial charge is 0.0744 e. The fourth-order valence-corrected chi connectivity index (χ4v) is 5.90. The first kappa shape index (κ1) is 12.2. The first-order valence-corrected chi connectivity index (χ1v) is 7.90. The van der Waals surface area contributed by atoms with Crippen LogP contribution in [0, 0.1) is 29.1 Å². The second-order valence-corrected chi connectivity index (χ2v) is 7.24.